The Hall–Kier alpha value is 0.708. The summed E-state index contributed by atoms with van der Waals surface area (Å²) in [4.78, 5) is 10.2. The van der Waals surface area contributed by atoms with Crippen LogP contribution in [0, 0.1) is 0 Å². The lowest BCUT2D eigenvalue weighted by Gasteiger charge is -2.34. The molecule has 4 nitrogen and oxygen atoms in total. The first-order chi connectivity index (χ1) is 6.47. The van der Waals surface area contributed by atoms with E-state index in [1.54, 1.807) is 0 Å². The van der Waals surface area contributed by atoms with Gasteiger partial charge in [-0.05, 0) is 45.8 Å². The predicted molar refractivity (Wildman–Crippen MR) is 69.5 cm³/mol. The van der Waals surface area contributed by atoms with Gasteiger partial charge in [0.25, 0.3) is 0 Å². The van der Waals surface area contributed by atoms with E-state index >= 15 is 0 Å². The molecule has 0 aromatic heterocycles. The van der Waals surface area contributed by atoms with Crippen molar-refractivity contribution >= 4 is 35.4 Å². The van der Waals surface area contributed by atoms with Crippen LogP contribution in [0.25, 0.3) is 0 Å². The minimum atomic E-state index is -3.38. The van der Waals surface area contributed by atoms with Gasteiger partial charge in [0, 0.05) is 0 Å². The molecule has 0 aliphatic heterocycles. The number of hydrogen-bond donors (Lipinski definition) is 1. The Labute approximate surface area is 98.6 Å². The van der Waals surface area contributed by atoms with Crippen LogP contribution in [0.15, 0.2) is 0 Å². The Bertz CT molecular complexity index is 182. The predicted octanol–water partition coefficient (Wildman–Crippen LogP) is 1.80. The molecule has 0 aromatic rings. The van der Waals surface area contributed by atoms with Crippen LogP contribution < -0.4 is 0 Å². The molecule has 15 heavy (non-hydrogen) atoms. The molecule has 0 fully saturated rings. The first-order valence-corrected chi connectivity index (χ1v) is 14.8. The van der Waals surface area contributed by atoms with Crippen LogP contribution in [-0.4, -0.2) is 40.2 Å². The van der Waals surface area contributed by atoms with E-state index in [2.05, 4.69) is 0 Å². The Kier molecular flexibility index (Phi) is 5.61. The Balaban J connectivity index is 4.59. The fourth-order valence-corrected chi connectivity index (χ4v) is 9.81. The van der Waals surface area contributed by atoms with Crippen LogP contribution >= 0.6 is 0 Å². The maximum absolute atomic E-state index is 10.2. The summed E-state index contributed by atoms with van der Waals surface area (Å²) in [6.45, 7) is 13.9. The van der Waals surface area contributed by atoms with Gasteiger partial charge in [-0.1, -0.05) is 0 Å². The van der Waals surface area contributed by atoms with Crippen LogP contribution in [0.5, 0.6) is 0 Å². The Morgan fingerprint density at radius 1 is 0.867 bits per heavy atom. The molecule has 0 unspecified atom stereocenters. The topological polar surface area (TPSA) is 47.9 Å². The standard InChI is InChI=1S/C7H22O4Si4/c1-12-9-15(8,10-13(2,3)4)11-14(5,6)7/h8H,1-7H3. The minimum absolute atomic E-state index is 0.187. The summed E-state index contributed by atoms with van der Waals surface area (Å²) in [5, 5.41) is 0. The zero-order valence-electron chi connectivity index (χ0n) is 10.7. The van der Waals surface area contributed by atoms with Crippen molar-refractivity contribution in [1.82, 2.24) is 0 Å². The number of rotatable bonds is 6. The molecule has 0 heterocycles. The van der Waals surface area contributed by atoms with Gasteiger partial charge in [0.1, 0.15) is 0 Å². The third kappa shape index (κ3) is 8.51. The molecule has 0 bridgehead atoms. The zero-order valence-corrected chi connectivity index (χ0v) is 14.7. The van der Waals surface area contributed by atoms with Crippen LogP contribution in [0.1, 0.15) is 0 Å². The van der Waals surface area contributed by atoms with E-state index in [-0.39, 0.29) is 9.76 Å². The fraction of sp³-hybridized carbons (Fsp3) is 1.00. The molecule has 1 N–H and O–H groups in total. The lowest BCUT2D eigenvalue weighted by atomic mass is 11.8. The second kappa shape index (κ2) is 5.36. The van der Waals surface area contributed by atoms with E-state index in [4.69, 9.17) is 12.3 Å². The second-order valence-electron chi connectivity index (χ2n) is 5.26. The molecule has 2 radical (unpaired) electrons. The van der Waals surface area contributed by atoms with Crippen molar-refractivity contribution < 1.29 is 17.1 Å². The van der Waals surface area contributed by atoms with Gasteiger partial charge < -0.3 is 17.1 Å². The van der Waals surface area contributed by atoms with Gasteiger partial charge in [-0.2, -0.15) is 0 Å². The smallest absolute Gasteiger partial charge is 0.395 e. The van der Waals surface area contributed by atoms with Crippen molar-refractivity contribution in [2.24, 2.45) is 0 Å². The highest BCUT2D eigenvalue weighted by atomic mass is 28.5. The maximum atomic E-state index is 10.2. The average molecular weight is 283 g/mol. The first-order valence-electron chi connectivity index (χ1n) is 4.95. The third-order valence-corrected chi connectivity index (χ3v) is 9.91. The Morgan fingerprint density at radius 3 is 1.40 bits per heavy atom. The maximum Gasteiger partial charge on any atom is 0.644 e. The van der Waals surface area contributed by atoms with Gasteiger partial charge >= 0.3 is 9.05 Å². The monoisotopic (exact) mass is 282 g/mol. The van der Waals surface area contributed by atoms with E-state index < -0.39 is 25.7 Å². The second-order valence-corrected chi connectivity index (χ2v) is 17.6. The van der Waals surface area contributed by atoms with Crippen molar-refractivity contribution in [3.8, 4) is 0 Å². The van der Waals surface area contributed by atoms with Crippen LogP contribution in [0.4, 0.5) is 0 Å². The molecule has 0 saturated carbocycles. The minimum Gasteiger partial charge on any atom is -0.395 e. The first kappa shape index (κ1) is 15.7. The summed E-state index contributed by atoms with van der Waals surface area (Å²) in [6.07, 6.45) is 0. The van der Waals surface area contributed by atoms with Crippen molar-refractivity contribution in [1.29, 1.82) is 0 Å². The van der Waals surface area contributed by atoms with E-state index in [0.717, 1.165) is 0 Å². The molecule has 0 aromatic carbocycles. The summed E-state index contributed by atoms with van der Waals surface area (Å²) < 4.78 is 16.7. The summed E-state index contributed by atoms with van der Waals surface area (Å²) in [5.41, 5.74) is 0. The quantitative estimate of drug-likeness (QED) is 0.755. The van der Waals surface area contributed by atoms with Crippen LogP contribution in [-0.2, 0) is 12.3 Å². The van der Waals surface area contributed by atoms with E-state index in [9.17, 15) is 4.80 Å². The zero-order chi connectivity index (χ0) is 12.3. The molecule has 0 aliphatic rings. The fourth-order valence-electron chi connectivity index (χ4n) is 0.965. The molecule has 90 valence electrons. The molecule has 8 heteroatoms. The van der Waals surface area contributed by atoms with E-state index in [1.165, 1.54) is 0 Å². The number of hydrogen-bond acceptors (Lipinski definition) is 4. The van der Waals surface area contributed by atoms with Crippen molar-refractivity contribution in [2.45, 2.75) is 45.8 Å². The molecule has 0 atom stereocenters. The largest absolute Gasteiger partial charge is 0.644 e. The van der Waals surface area contributed by atoms with E-state index in [1.807, 2.05) is 45.8 Å². The average Bonchev–Trinajstić information content (AvgIpc) is 1.74. The highest BCUT2D eigenvalue weighted by Gasteiger charge is 2.47. The lowest BCUT2D eigenvalue weighted by Crippen LogP contribution is -2.57. The molecule has 0 aliphatic carbocycles. The molecular formula is C7H22O4Si4. The lowest BCUT2D eigenvalue weighted by molar-refractivity contribution is 0.148. The molecule has 0 rings (SSSR count). The highest BCUT2D eigenvalue weighted by molar-refractivity contribution is 6.84. The molecular weight excluding hydrogens is 260 g/mol. The van der Waals surface area contributed by atoms with E-state index in [0.29, 0.717) is 0 Å². The summed E-state index contributed by atoms with van der Waals surface area (Å²) >= 11 is 0. The van der Waals surface area contributed by atoms with Crippen LogP contribution in [0.3, 0.4) is 0 Å². The van der Waals surface area contributed by atoms with Crippen LogP contribution in [0.2, 0.25) is 45.8 Å². The van der Waals surface area contributed by atoms with Gasteiger partial charge in [-0.15, -0.1) is 0 Å². The van der Waals surface area contributed by atoms with Crippen molar-refractivity contribution in [3.63, 3.8) is 0 Å². The van der Waals surface area contributed by atoms with Gasteiger partial charge in [-0.25, -0.2) is 0 Å². The normalized spacial score (nSPS) is 14.4. The van der Waals surface area contributed by atoms with Gasteiger partial charge in [0.15, 0.2) is 16.6 Å². The van der Waals surface area contributed by atoms with Gasteiger partial charge in [0.2, 0.25) is 9.76 Å². The molecule has 0 spiro atoms. The van der Waals surface area contributed by atoms with Gasteiger partial charge in [-0.3, -0.25) is 0 Å². The summed E-state index contributed by atoms with van der Waals surface area (Å²) in [6, 6.07) is 0. The SMILES string of the molecule is C[Si]O[Si](O)(O[Si](C)(C)C)O[Si](C)(C)C. The van der Waals surface area contributed by atoms with Gasteiger partial charge in [0.05, 0.1) is 0 Å². The Morgan fingerprint density at radius 2 is 1.20 bits per heavy atom. The summed E-state index contributed by atoms with van der Waals surface area (Å²) in [5.74, 6) is 0. The third-order valence-electron chi connectivity index (χ3n) is 1.10. The molecule has 0 saturated heterocycles. The van der Waals surface area contributed by atoms with Crippen molar-refractivity contribution in [2.75, 3.05) is 0 Å². The van der Waals surface area contributed by atoms with Crippen molar-refractivity contribution in [3.05, 3.63) is 0 Å². The molecule has 0 amide bonds. The highest BCUT2D eigenvalue weighted by Crippen LogP contribution is 2.18. The summed E-state index contributed by atoms with van der Waals surface area (Å²) in [7, 11) is -6.88.